The highest BCUT2D eigenvalue weighted by atomic mass is 32.2. The lowest BCUT2D eigenvalue weighted by Gasteiger charge is -2.19. The van der Waals surface area contributed by atoms with Crippen LogP contribution >= 0.6 is 0 Å². The third kappa shape index (κ3) is 6.35. The number of hydrogen-bond donors (Lipinski definition) is 2. The van der Waals surface area contributed by atoms with E-state index in [1.54, 1.807) is 12.1 Å². The first kappa shape index (κ1) is 21.9. The minimum Gasteiger partial charge on any atom is -0.494 e. The number of amides is 1. The fourth-order valence-corrected chi connectivity index (χ4v) is 3.26. The molecule has 2 aromatic carbocycles. The van der Waals surface area contributed by atoms with Crippen LogP contribution in [0.1, 0.15) is 39.2 Å². The molecule has 0 atom stereocenters. The van der Waals surface area contributed by atoms with Gasteiger partial charge in [-0.05, 0) is 60.8 Å². The van der Waals surface area contributed by atoms with Crippen LogP contribution in [0.5, 0.6) is 5.75 Å². The molecule has 6 nitrogen and oxygen atoms in total. The minimum atomic E-state index is -3.48. The molecule has 0 saturated carbocycles. The number of sulfonamides is 1. The first-order valence-corrected chi connectivity index (χ1v) is 10.7. The third-order valence-corrected chi connectivity index (χ3v) is 5.68. The van der Waals surface area contributed by atoms with Gasteiger partial charge < -0.3 is 10.1 Å². The molecule has 0 aliphatic rings. The molecule has 28 heavy (non-hydrogen) atoms. The summed E-state index contributed by atoms with van der Waals surface area (Å²) in [7, 11) is -2.12. The predicted molar refractivity (Wildman–Crippen MR) is 111 cm³/mol. The summed E-state index contributed by atoms with van der Waals surface area (Å²) < 4.78 is 31.3. The Morgan fingerprint density at radius 2 is 1.61 bits per heavy atom. The lowest BCUT2D eigenvalue weighted by molar-refractivity contribution is -0.116. The fraction of sp³-hybridized carbons (Fsp3) is 0.381. The summed E-state index contributed by atoms with van der Waals surface area (Å²) in [5, 5.41) is 2.75. The normalized spacial score (nSPS) is 11.9. The van der Waals surface area contributed by atoms with E-state index in [9.17, 15) is 13.2 Å². The Labute approximate surface area is 167 Å². The molecule has 0 aliphatic heterocycles. The number of benzene rings is 2. The van der Waals surface area contributed by atoms with Crippen molar-refractivity contribution >= 4 is 21.6 Å². The van der Waals surface area contributed by atoms with Gasteiger partial charge in [0.1, 0.15) is 5.75 Å². The lowest BCUT2D eigenvalue weighted by Crippen LogP contribution is -2.18. The molecule has 2 rings (SSSR count). The van der Waals surface area contributed by atoms with Gasteiger partial charge in [-0.25, -0.2) is 13.1 Å². The molecule has 0 radical (unpaired) electrons. The van der Waals surface area contributed by atoms with Crippen molar-refractivity contribution in [1.29, 1.82) is 0 Å². The van der Waals surface area contributed by atoms with E-state index in [1.807, 2.05) is 12.1 Å². The van der Waals surface area contributed by atoms with E-state index in [0.717, 1.165) is 5.75 Å². The van der Waals surface area contributed by atoms with E-state index in [1.165, 1.54) is 24.7 Å². The lowest BCUT2D eigenvalue weighted by atomic mass is 9.87. The van der Waals surface area contributed by atoms with Gasteiger partial charge in [0, 0.05) is 12.1 Å². The highest BCUT2D eigenvalue weighted by Gasteiger charge is 2.13. The van der Waals surface area contributed by atoms with Crippen LogP contribution in [0.3, 0.4) is 0 Å². The molecule has 0 fully saturated rings. The predicted octanol–water partition coefficient (Wildman–Crippen LogP) is 3.69. The van der Waals surface area contributed by atoms with Crippen molar-refractivity contribution in [2.75, 3.05) is 19.0 Å². The van der Waals surface area contributed by atoms with Crippen LogP contribution in [-0.4, -0.2) is 28.0 Å². The molecule has 152 valence electrons. The van der Waals surface area contributed by atoms with E-state index < -0.39 is 10.0 Å². The maximum absolute atomic E-state index is 12.0. The van der Waals surface area contributed by atoms with Crippen LogP contribution in [0.15, 0.2) is 53.4 Å². The van der Waals surface area contributed by atoms with Gasteiger partial charge in [-0.1, -0.05) is 32.9 Å². The van der Waals surface area contributed by atoms with Crippen molar-refractivity contribution in [3.05, 3.63) is 54.1 Å². The first-order chi connectivity index (χ1) is 13.1. The molecule has 7 heteroatoms. The molecule has 0 unspecified atom stereocenters. The molecule has 0 heterocycles. The summed E-state index contributed by atoms with van der Waals surface area (Å²) >= 11 is 0. The van der Waals surface area contributed by atoms with Crippen molar-refractivity contribution in [1.82, 2.24) is 4.72 Å². The van der Waals surface area contributed by atoms with Gasteiger partial charge in [-0.3, -0.25) is 4.79 Å². The largest absolute Gasteiger partial charge is 0.494 e. The number of rotatable bonds is 8. The third-order valence-electron chi connectivity index (χ3n) is 4.25. The monoisotopic (exact) mass is 404 g/mol. The maximum Gasteiger partial charge on any atom is 0.240 e. The van der Waals surface area contributed by atoms with Gasteiger partial charge in [0.15, 0.2) is 0 Å². The second kappa shape index (κ2) is 9.21. The van der Waals surface area contributed by atoms with Crippen LogP contribution in [-0.2, 0) is 20.2 Å². The summed E-state index contributed by atoms with van der Waals surface area (Å²) in [6.45, 7) is 6.93. The SMILES string of the molecule is CNS(=O)(=O)c1ccc(NC(=O)CCCOc2ccc(C(C)(C)C)cc2)cc1. The van der Waals surface area contributed by atoms with Gasteiger partial charge in [0.05, 0.1) is 11.5 Å². The molecule has 0 spiro atoms. The average molecular weight is 405 g/mol. The molecule has 2 aromatic rings. The fourth-order valence-electron chi connectivity index (χ4n) is 2.53. The number of hydrogen-bond acceptors (Lipinski definition) is 4. The highest BCUT2D eigenvalue weighted by Crippen LogP contribution is 2.24. The zero-order chi connectivity index (χ0) is 20.8. The van der Waals surface area contributed by atoms with Crippen LogP contribution in [0, 0.1) is 0 Å². The smallest absolute Gasteiger partial charge is 0.240 e. The summed E-state index contributed by atoms with van der Waals surface area (Å²) in [4.78, 5) is 12.2. The van der Waals surface area contributed by atoms with Crippen molar-refractivity contribution in [2.45, 2.75) is 43.9 Å². The van der Waals surface area contributed by atoms with Crippen molar-refractivity contribution in [3.8, 4) is 5.75 Å². The number of nitrogens with one attached hydrogen (secondary N) is 2. The van der Waals surface area contributed by atoms with E-state index in [4.69, 9.17) is 4.74 Å². The van der Waals surface area contributed by atoms with Gasteiger partial charge in [0.2, 0.25) is 15.9 Å². The molecule has 0 aliphatic carbocycles. The van der Waals surface area contributed by atoms with Crippen molar-refractivity contribution < 1.29 is 17.9 Å². The van der Waals surface area contributed by atoms with Crippen LogP contribution in [0.4, 0.5) is 5.69 Å². The first-order valence-electron chi connectivity index (χ1n) is 9.18. The summed E-state index contributed by atoms with van der Waals surface area (Å²) in [6, 6.07) is 14.0. The van der Waals surface area contributed by atoms with Crippen molar-refractivity contribution in [3.63, 3.8) is 0 Å². The molecule has 0 saturated heterocycles. The molecule has 0 aromatic heterocycles. The Morgan fingerprint density at radius 1 is 1.00 bits per heavy atom. The second-order valence-electron chi connectivity index (χ2n) is 7.51. The molecular formula is C21H28N2O4S. The average Bonchev–Trinajstić information content (AvgIpc) is 2.65. The number of carbonyl (C=O) groups excluding carboxylic acids is 1. The molecular weight excluding hydrogens is 376 g/mol. The topological polar surface area (TPSA) is 84.5 Å². The summed E-state index contributed by atoms with van der Waals surface area (Å²) in [5.74, 6) is 0.644. The Morgan fingerprint density at radius 3 is 2.14 bits per heavy atom. The van der Waals surface area contributed by atoms with Crippen LogP contribution in [0.25, 0.3) is 0 Å². The van der Waals surface area contributed by atoms with Gasteiger partial charge in [-0.15, -0.1) is 0 Å². The zero-order valence-electron chi connectivity index (χ0n) is 16.8. The van der Waals surface area contributed by atoms with Gasteiger partial charge in [0.25, 0.3) is 0 Å². The number of anilines is 1. The maximum atomic E-state index is 12.0. The number of carbonyl (C=O) groups is 1. The summed E-state index contributed by atoms with van der Waals surface area (Å²) in [5.41, 5.74) is 1.90. The quantitative estimate of drug-likeness (QED) is 0.657. The highest BCUT2D eigenvalue weighted by molar-refractivity contribution is 7.89. The van der Waals surface area contributed by atoms with Crippen LogP contribution < -0.4 is 14.8 Å². The minimum absolute atomic E-state index is 0.103. The summed E-state index contributed by atoms with van der Waals surface area (Å²) in [6.07, 6.45) is 0.899. The van der Waals surface area contributed by atoms with Crippen LogP contribution in [0.2, 0.25) is 0 Å². The Hall–Kier alpha value is -2.38. The van der Waals surface area contributed by atoms with E-state index in [-0.39, 0.29) is 16.2 Å². The van der Waals surface area contributed by atoms with Gasteiger partial charge in [-0.2, -0.15) is 0 Å². The van der Waals surface area contributed by atoms with E-state index in [0.29, 0.717) is 25.1 Å². The van der Waals surface area contributed by atoms with E-state index >= 15 is 0 Å². The zero-order valence-corrected chi connectivity index (χ0v) is 17.6. The van der Waals surface area contributed by atoms with E-state index in [2.05, 4.69) is 42.9 Å². The van der Waals surface area contributed by atoms with Gasteiger partial charge >= 0.3 is 0 Å². The van der Waals surface area contributed by atoms with Crippen molar-refractivity contribution in [2.24, 2.45) is 0 Å². The Kier molecular flexibility index (Phi) is 7.21. The second-order valence-corrected chi connectivity index (χ2v) is 9.39. The Bertz CT molecular complexity index is 883. The Balaban J connectivity index is 1.76. The molecule has 2 N–H and O–H groups in total. The molecule has 1 amide bonds. The molecule has 0 bridgehead atoms. The number of ether oxygens (including phenoxy) is 1. The standard InChI is InChI=1S/C21H28N2O4S/c1-21(2,3)16-7-11-18(12-8-16)27-15-5-6-20(24)23-17-9-13-19(14-10-17)28(25,26)22-4/h7-14,22H,5-6,15H2,1-4H3,(H,23,24).